The van der Waals surface area contributed by atoms with Gasteiger partial charge in [0, 0.05) is 32.4 Å². The molecule has 122 valence electrons. The molecule has 2 heterocycles. The first kappa shape index (κ1) is 16.8. The van der Waals surface area contributed by atoms with Gasteiger partial charge in [-0.25, -0.2) is 4.79 Å². The van der Waals surface area contributed by atoms with Crippen LogP contribution in [-0.4, -0.2) is 51.4 Å². The maximum atomic E-state index is 12.0. The molecule has 0 bridgehead atoms. The van der Waals surface area contributed by atoms with Gasteiger partial charge in [0.1, 0.15) is 0 Å². The quantitative estimate of drug-likeness (QED) is 0.746. The molecule has 2 rings (SSSR count). The first-order valence-corrected chi connectivity index (χ1v) is 8.29. The zero-order valence-electron chi connectivity index (χ0n) is 12.4. The van der Waals surface area contributed by atoms with Gasteiger partial charge in [-0.2, -0.15) is 5.10 Å². The van der Waals surface area contributed by atoms with Crippen LogP contribution in [-0.2, 0) is 11.3 Å². The predicted octanol–water partition coefficient (Wildman–Crippen LogP) is 1.93. The van der Waals surface area contributed by atoms with Gasteiger partial charge in [-0.15, -0.1) is 0 Å². The van der Waals surface area contributed by atoms with Gasteiger partial charge in [-0.1, -0.05) is 0 Å². The fourth-order valence-corrected chi connectivity index (χ4v) is 2.82. The van der Waals surface area contributed by atoms with Crippen LogP contribution in [0.4, 0.5) is 4.79 Å². The number of carbonyl (C=O) groups is 2. The van der Waals surface area contributed by atoms with Crippen LogP contribution in [0.3, 0.4) is 0 Å². The predicted molar refractivity (Wildman–Crippen MR) is 84.5 cm³/mol. The first-order valence-electron chi connectivity index (χ1n) is 7.50. The normalized spacial score (nSPS) is 15.8. The topological polar surface area (TPSA) is 87.5 Å². The molecule has 1 saturated heterocycles. The summed E-state index contributed by atoms with van der Waals surface area (Å²) >= 11 is 3.35. The maximum Gasteiger partial charge on any atom is 0.317 e. The Hall–Kier alpha value is -1.57. The molecule has 1 aliphatic rings. The molecule has 1 aromatic heterocycles. The second-order valence-electron chi connectivity index (χ2n) is 5.46. The summed E-state index contributed by atoms with van der Waals surface area (Å²) in [4.78, 5) is 24.5. The van der Waals surface area contributed by atoms with Gasteiger partial charge in [0.05, 0.1) is 16.6 Å². The molecule has 0 radical (unpaired) electrons. The van der Waals surface area contributed by atoms with E-state index in [1.54, 1.807) is 11.1 Å². The number of hydrogen-bond donors (Lipinski definition) is 2. The Morgan fingerprint density at radius 1 is 1.36 bits per heavy atom. The van der Waals surface area contributed by atoms with E-state index in [9.17, 15) is 9.59 Å². The third-order valence-corrected chi connectivity index (χ3v) is 4.23. The van der Waals surface area contributed by atoms with E-state index in [4.69, 9.17) is 5.11 Å². The van der Waals surface area contributed by atoms with Crippen molar-refractivity contribution in [2.75, 3.05) is 19.6 Å². The number of unbranched alkanes of at least 4 members (excludes halogenated alkanes) is 1. The van der Waals surface area contributed by atoms with Crippen molar-refractivity contribution in [3.05, 3.63) is 16.9 Å². The van der Waals surface area contributed by atoms with E-state index < -0.39 is 5.97 Å². The fraction of sp³-hybridized carbons (Fsp3) is 0.643. The van der Waals surface area contributed by atoms with Crippen LogP contribution in [0.25, 0.3) is 0 Å². The molecule has 1 fully saturated rings. The highest BCUT2D eigenvalue weighted by Crippen LogP contribution is 2.17. The molecule has 7 nitrogen and oxygen atoms in total. The summed E-state index contributed by atoms with van der Waals surface area (Å²) in [5.74, 6) is -1.07. The zero-order chi connectivity index (χ0) is 15.9. The third kappa shape index (κ3) is 5.01. The number of halogens is 1. The minimum atomic E-state index is -0.759. The number of aliphatic carboxylic acids is 1. The Balaban J connectivity index is 1.57. The summed E-state index contributed by atoms with van der Waals surface area (Å²) in [7, 11) is 0. The molecule has 0 aromatic carbocycles. The van der Waals surface area contributed by atoms with Crippen molar-refractivity contribution in [1.29, 1.82) is 0 Å². The van der Waals surface area contributed by atoms with E-state index in [0.717, 1.165) is 23.9 Å². The molecule has 0 atom stereocenters. The fourth-order valence-electron chi connectivity index (χ4n) is 2.50. The molecule has 0 spiro atoms. The Bertz CT molecular complexity index is 512. The van der Waals surface area contributed by atoms with Crippen LogP contribution in [0.2, 0.25) is 0 Å². The van der Waals surface area contributed by atoms with Gasteiger partial charge >= 0.3 is 12.0 Å². The monoisotopic (exact) mass is 372 g/mol. The average molecular weight is 373 g/mol. The molecular weight excluding hydrogens is 352 g/mol. The number of piperidine rings is 1. The van der Waals surface area contributed by atoms with Crippen molar-refractivity contribution in [2.24, 2.45) is 5.92 Å². The number of aryl methyl sites for hydroxylation is 1. The van der Waals surface area contributed by atoms with Crippen molar-refractivity contribution in [2.45, 2.75) is 32.2 Å². The number of carbonyl (C=O) groups excluding carboxylic acids is 1. The standard InChI is InChI=1S/C14H21BrN4O3/c15-12-9-17-19(10-12)6-2-1-5-16-14(22)18-7-3-11(4-8-18)13(20)21/h9-11H,1-8H2,(H,16,22)(H,20,21). The van der Waals surface area contributed by atoms with Crippen molar-refractivity contribution >= 4 is 27.9 Å². The van der Waals surface area contributed by atoms with Gasteiger partial charge in [-0.05, 0) is 41.6 Å². The zero-order valence-corrected chi connectivity index (χ0v) is 14.0. The lowest BCUT2D eigenvalue weighted by Crippen LogP contribution is -2.45. The lowest BCUT2D eigenvalue weighted by molar-refractivity contribution is -0.143. The van der Waals surface area contributed by atoms with Crippen molar-refractivity contribution in [3.63, 3.8) is 0 Å². The van der Waals surface area contributed by atoms with Gasteiger partial charge in [0.2, 0.25) is 0 Å². The highest BCUT2D eigenvalue weighted by atomic mass is 79.9. The van der Waals surface area contributed by atoms with Crippen molar-refractivity contribution in [3.8, 4) is 0 Å². The number of nitrogens with zero attached hydrogens (tertiary/aromatic N) is 3. The van der Waals surface area contributed by atoms with Crippen LogP contribution >= 0.6 is 15.9 Å². The van der Waals surface area contributed by atoms with Gasteiger partial charge < -0.3 is 15.3 Å². The number of nitrogens with one attached hydrogen (secondary N) is 1. The van der Waals surface area contributed by atoms with Gasteiger partial charge in [-0.3, -0.25) is 9.48 Å². The number of carboxylic acids is 1. The van der Waals surface area contributed by atoms with Gasteiger partial charge in [0.15, 0.2) is 0 Å². The Kier molecular flexibility index (Phi) is 6.23. The summed E-state index contributed by atoms with van der Waals surface area (Å²) in [6.07, 6.45) is 6.58. The number of hydrogen-bond acceptors (Lipinski definition) is 3. The van der Waals surface area contributed by atoms with E-state index in [-0.39, 0.29) is 11.9 Å². The molecule has 0 unspecified atom stereocenters. The summed E-state index contributed by atoms with van der Waals surface area (Å²) in [5.41, 5.74) is 0. The summed E-state index contributed by atoms with van der Waals surface area (Å²) < 4.78 is 2.83. The number of amides is 2. The van der Waals surface area contributed by atoms with Crippen LogP contribution in [0.15, 0.2) is 16.9 Å². The summed E-state index contributed by atoms with van der Waals surface area (Å²) in [6.45, 7) is 2.49. The molecule has 8 heteroatoms. The van der Waals surface area contributed by atoms with E-state index in [0.29, 0.717) is 32.5 Å². The number of urea groups is 1. The van der Waals surface area contributed by atoms with E-state index in [1.165, 1.54) is 0 Å². The molecule has 22 heavy (non-hydrogen) atoms. The molecule has 0 saturated carbocycles. The molecule has 1 aromatic rings. The SMILES string of the molecule is O=C(O)C1CCN(C(=O)NCCCCn2cc(Br)cn2)CC1. The largest absolute Gasteiger partial charge is 0.481 e. The Labute approximate surface area is 137 Å². The molecule has 0 aliphatic carbocycles. The lowest BCUT2D eigenvalue weighted by Gasteiger charge is -2.30. The Morgan fingerprint density at radius 3 is 2.68 bits per heavy atom. The van der Waals surface area contributed by atoms with Crippen molar-refractivity contribution in [1.82, 2.24) is 20.0 Å². The molecule has 2 N–H and O–H groups in total. The second kappa shape index (κ2) is 8.17. The number of carboxylic acid groups (broad SMARTS) is 1. The molecular formula is C14H21BrN4O3. The lowest BCUT2D eigenvalue weighted by atomic mass is 9.97. The molecule has 1 aliphatic heterocycles. The number of likely N-dealkylation sites (tertiary alicyclic amines) is 1. The van der Waals surface area contributed by atoms with Crippen molar-refractivity contribution < 1.29 is 14.7 Å². The van der Waals surface area contributed by atoms with E-state index in [1.807, 2.05) is 10.9 Å². The first-order chi connectivity index (χ1) is 10.6. The Morgan fingerprint density at radius 2 is 2.09 bits per heavy atom. The highest BCUT2D eigenvalue weighted by molar-refractivity contribution is 9.10. The average Bonchev–Trinajstić information content (AvgIpc) is 2.92. The van der Waals surface area contributed by atoms with Gasteiger partial charge in [0.25, 0.3) is 0 Å². The van der Waals surface area contributed by atoms with Crippen LogP contribution in [0, 0.1) is 5.92 Å². The summed E-state index contributed by atoms with van der Waals surface area (Å²) in [6, 6.07) is -0.0920. The number of aromatic nitrogens is 2. The van der Waals surface area contributed by atoms with E-state index >= 15 is 0 Å². The van der Waals surface area contributed by atoms with E-state index in [2.05, 4.69) is 26.3 Å². The minimum absolute atomic E-state index is 0.0920. The van der Waals surface area contributed by atoms with Crippen LogP contribution < -0.4 is 5.32 Å². The van der Waals surface area contributed by atoms with Crippen LogP contribution in [0.5, 0.6) is 0 Å². The maximum absolute atomic E-state index is 12.0. The number of rotatable bonds is 6. The summed E-state index contributed by atoms with van der Waals surface area (Å²) in [5, 5.41) is 16.0. The highest BCUT2D eigenvalue weighted by Gasteiger charge is 2.26. The third-order valence-electron chi connectivity index (χ3n) is 3.82. The second-order valence-corrected chi connectivity index (χ2v) is 6.38. The molecule has 2 amide bonds. The smallest absolute Gasteiger partial charge is 0.317 e. The minimum Gasteiger partial charge on any atom is -0.481 e. The van der Waals surface area contributed by atoms with Crippen LogP contribution in [0.1, 0.15) is 25.7 Å².